The first-order valence-electron chi connectivity index (χ1n) is 8.71. The van der Waals surface area contributed by atoms with Crippen LogP contribution in [-0.4, -0.2) is 37.0 Å². The Morgan fingerprint density at radius 1 is 1.15 bits per heavy atom. The summed E-state index contributed by atoms with van der Waals surface area (Å²) in [6, 6.07) is 7.20. The number of carbonyl (C=O) groups excluding carboxylic acids is 2. The number of cyclic esters (lactones) is 2. The molecular formula is C19H23NO6. The highest BCUT2D eigenvalue weighted by atomic mass is 16.7. The van der Waals surface area contributed by atoms with E-state index >= 15 is 0 Å². The van der Waals surface area contributed by atoms with E-state index in [0.717, 1.165) is 25.2 Å². The molecule has 1 N–H and O–H groups in total. The number of benzene rings is 1. The molecule has 3 rings (SSSR count). The van der Waals surface area contributed by atoms with Crippen LogP contribution in [0.3, 0.4) is 0 Å². The highest BCUT2D eigenvalue weighted by molar-refractivity contribution is 6.15. The Balaban J connectivity index is 1.54. The van der Waals surface area contributed by atoms with Gasteiger partial charge in [-0.3, -0.25) is 0 Å². The summed E-state index contributed by atoms with van der Waals surface area (Å²) in [7, 11) is 0. The monoisotopic (exact) mass is 361 g/mol. The number of hydrogen-bond acceptors (Lipinski definition) is 7. The van der Waals surface area contributed by atoms with Gasteiger partial charge in [-0.15, -0.1) is 0 Å². The minimum atomic E-state index is -1.24. The number of anilines is 1. The van der Waals surface area contributed by atoms with Crippen LogP contribution in [0.4, 0.5) is 5.69 Å². The molecule has 2 saturated heterocycles. The van der Waals surface area contributed by atoms with E-state index in [-0.39, 0.29) is 11.7 Å². The van der Waals surface area contributed by atoms with Crippen LogP contribution in [0.2, 0.25) is 0 Å². The van der Waals surface area contributed by atoms with E-state index in [9.17, 15) is 9.59 Å². The minimum absolute atomic E-state index is 0.152. The highest BCUT2D eigenvalue weighted by Gasteiger charge is 2.38. The summed E-state index contributed by atoms with van der Waals surface area (Å²) in [5, 5.41) is 2.89. The zero-order chi connectivity index (χ0) is 18.6. The van der Waals surface area contributed by atoms with Crippen LogP contribution in [0.5, 0.6) is 5.75 Å². The number of ether oxygens (including phenoxy) is 4. The molecule has 0 saturated carbocycles. The normalized spacial score (nSPS) is 22.2. The number of carbonyl (C=O) groups is 2. The third-order valence-electron chi connectivity index (χ3n) is 4.06. The van der Waals surface area contributed by atoms with Crippen LogP contribution >= 0.6 is 0 Å². The summed E-state index contributed by atoms with van der Waals surface area (Å²) in [6.45, 7) is 4.34. The molecule has 0 spiro atoms. The van der Waals surface area contributed by atoms with Crippen LogP contribution in [-0.2, 0) is 23.8 Å². The molecule has 26 heavy (non-hydrogen) atoms. The lowest BCUT2D eigenvalue weighted by Crippen LogP contribution is -2.42. The molecular weight excluding hydrogens is 338 g/mol. The second-order valence-corrected chi connectivity index (χ2v) is 6.71. The molecule has 2 fully saturated rings. The average molecular weight is 361 g/mol. The Morgan fingerprint density at radius 3 is 2.46 bits per heavy atom. The van der Waals surface area contributed by atoms with E-state index < -0.39 is 17.7 Å². The number of nitrogens with one attached hydrogen (secondary N) is 1. The SMILES string of the molecule is CC1(C)OC(=O)C(=CNc2ccc(OCC3CCCCO3)cc2)C(=O)O1. The van der Waals surface area contributed by atoms with Gasteiger partial charge in [0.25, 0.3) is 5.79 Å². The van der Waals surface area contributed by atoms with Crippen molar-refractivity contribution in [2.24, 2.45) is 0 Å². The van der Waals surface area contributed by atoms with Gasteiger partial charge in [0, 0.05) is 32.3 Å². The molecule has 2 aliphatic heterocycles. The highest BCUT2D eigenvalue weighted by Crippen LogP contribution is 2.23. The smallest absolute Gasteiger partial charge is 0.350 e. The summed E-state index contributed by atoms with van der Waals surface area (Å²) in [5.74, 6) is -1.94. The zero-order valence-electron chi connectivity index (χ0n) is 14.9. The van der Waals surface area contributed by atoms with Crippen LogP contribution in [0.25, 0.3) is 0 Å². The predicted octanol–water partition coefficient (Wildman–Crippen LogP) is 2.77. The summed E-state index contributed by atoms with van der Waals surface area (Å²) >= 11 is 0. The molecule has 2 heterocycles. The van der Waals surface area contributed by atoms with Crippen LogP contribution < -0.4 is 10.1 Å². The van der Waals surface area contributed by atoms with Crippen molar-refractivity contribution in [3.63, 3.8) is 0 Å². The summed E-state index contributed by atoms with van der Waals surface area (Å²) < 4.78 is 21.4. The van der Waals surface area contributed by atoms with Gasteiger partial charge < -0.3 is 24.3 Å². The summed E-state index contributed by atoms with van der Waals surface area (Å²) in [5.41, 5.74) is 0.517. The quantitative estimate of drug-likeness (QED) is 0.490. The largest absolute Gasteiger partial charge is 0.491 e. The van der Waals surface area contributed by atoms with Gasteiger partial charge in [0.1, 0.15) is 12.4 Å². The van der Waals surface area contributed by atoms with Gasteiger partial charge in [0.15, 0.2) is 5.57 Å². The van der Waals surface area contributed by atoms with E-state index in [1.165, 1.54) is 26.5 Å². The van der Waals surface area contributed by atoms with E-state index in [1.54, 1.807) is 12.1 Å². The van der Waals surface area contributed by atoms with Crippen molar-refractivity contribution >= 4 is 17.6 Å². The second kappa shape index (κ2) is 7.78. The Bertz CT molecular complexity index is 666. The Hall–Kier alpha value is -2.54. The van der Waals surface area contributed by atoms with Crippen molar-refractivity contribution in [1.29, 1.82) is 0 Å². The molecule has 2 aliphatic rings. The first-order valence-corrected chi connectivity index (χ1v) is 8.71. The molecule has 7 heteroatoms. The van der Waals surface area contributed by atoms with Crippen LogP contribution in [0, 0.1) is 0 Å². The van der Waals surface area contributed by atoms with Crippen molar-refractivity contribution in [2.45, 2.75) is 45.0 Å². The molecule has 1 aromatic rings. The Morgan fingerprint density at radius 2 is 1.85 bits per heavy atom. The van der Waals surface area contributed by atoms with Crippen molar-refractivity contribution in [3.05, 3.63) is 36.0 Å². The van der Waals surface area contributed by atoms with Gasteiger partial charge in [0.2, 0.25) is 0 Å². The fourth-order valence-corrected chi connectivity index (χ4v) is 2.71. The molecule has 0 radical (unpaired) electrons. The first-order chi connectivity index (χ1) is 12.4. The Kier molecular flexibility index (Phi) is 5.46. The van der Waals surface area contributed by atoms with Crippen molar-refractivity contribution in [3.8, 4) is 5.75 Å². The second-order valence-electron chi connectivity index (χ2n) is 6.71. The summed E-state index contributed by atoms with van der Waals surface area (Å²) in [4.78, 5) is 23.7. The van der Waals surface area contributed by atoms with E-state index in [1.807, 2.05) is 12.1 Å². The fraction of sp³-hybridized carbons (Fsp3) is 0.474. The van der Waals surface area contributed by atoms with E-state index in [0.29, 0.717) is 12.3 Å². The van der Waals surface area contributed by atoms with Gasteiger partial charge in [-0.05, 0) is 43.5 Å². The average Bonchev–Trinajstić information content (AvgIpc) is 2.60. The van der Waals surface area contributed by atoms with Crippen LogP contribution in [0.1, 0.15) is 33.1 Å². The van der Waals surface area contributed by atoms with Crippen LogP contribution in [0.15, 0.2) is 36.0 Å². The lowest BCUT2D eigenvalue weighted by atomic mass is 10.1. The number of rotatable bonds is 5. The molecule has 1 unspecified atom stereocenters. The van der Waals surface area contributed by atoms with Gasteiger partial charge in [-0.2, -0.15) is 0 Å². The lowest BCUT2D eigenvalue weighted by molar-refractivity contribution is -0.222. The fourth-order valence-electron chi connectivity index (χ4n) is 2.71. The first kappa shape index (κ1) is 18.3. The summed E-state index contributed by atoms with van der Waals surface area (Å²) in [6.07, 6.45) is 4.75. The van der Waals surface area contributed by atoms with E-state index in [2.05, 4.69) is 5.32 Å². The van der Waals surface area contributed by atoms with E-state index in [4.69, 9.17) is 18.9 Å². The third-order valence-corrected chi connectivity index (χ3v) is 4.06. The minimum Gasteiger partial charge on any atom is -0.491 e. The number of esters is 2. The predicted molar refractivity (Wildman–Crippen MR) is 93.5 cm³/mol. The maximum Gasteiger partial charge on any atom is 0.350 e. The van der Waals surface area contributed by atoms with Gasteiger partial charge in [-0.25, -0.2) is 9.59 Å². The molecule has 0 aromatic heterocycles. The number of hydrogen-bond donors (Lipinski definition) is 1. The lowest BCUT2D eigenvalue weighted by Gasteiger charge is -2.29. The molecule has 0 bridgehead atoms. The Labute approximate surface area is 152 Å². The molecule has 1 atom stereocenters. The topological polar surface area (TPSA) is 83.1 Å². The zero-order valence-corrected chi connectivity index (χ0v) is 14.9. The molecule has 7 nitrogen and oxygen atoms in total. The van der Waals surface area contributed by atoms with Gasteiger partial charge in [0.05, 0.1) is 6.10 Å². The van der Waals surface area contributed by atoms with Crippen molar-refractivity contribution < 1.29 is 28.5 Å². The van der Waals surface area contributed by atoms with Crippen molar-refractivity contribution in [2.75, 3.05) is 18.5 Å². The van der Waals surface area contributed by atoms with Crippen molar-refractivity contribution in [1.82, 2.24) is 0 Å². The molecule has 1 aromatic carbocycles. The molecule has 0 aliphatic carbocycles. The third kappa shape index (κ3) is 4.76. The maximum absolute atomic E-state index is 11.9. The molecule has 140 valence electrons. The maximum atomic E-state index is 11.9. The van der Waals surface area contributed by atoms with Gasteiger partial charge in [-0.1, -0.05) is 0 Å². The standard InChI is InChI=1S/C19H23NO6/c1-19(2)25-17(21)16(18(22)26-19)11-20-13-6-8-14(9-7-13)24-12-15-5-3-4-10-23-15/h6-9,11,15,20H,3-5,10,12H2,1-2H3. The molecule has 0 amide bonds. The van der Waals surface area contributed by atoms with Gasteiger partial charge >= 0.3 is 11.9 Å².